The van der Waals surface area contributed by atoms with Crippen LogP contribution in [0.4, 0.5) is 16.3 Å². The molecule has 2 aliphatic rings. The Labute approximate surface area is 211 Å². The van der Waals surface area contributed by atoms with Gasteiger partial charge in [-0.05, 0) is 45.9 Å². The Morgan fingerprint density at radius 3 is 2.56 bits per heavy atom. The SMILES string of the molecule is Cc1cc2n(n1)CNCC2C(=O)CCC(=O)Nc1ccc(N2CCN(C(=O)OC(C)(C)C)CC2)cn1. The molecule has 2 N–H and O–H groups in total. The lowest BCUT2D eigenvalue weighted by Gasteiger charge is -2.36. The molecule has 1 saturated heterocycles. The maximum Gasteiger partial charge on any atom is 0.410 e. The smallest absolute Gasteiger partial charge is 0.410 e. The number of fused-ring (bicyclic) bond motifs is 1. The molecule has 0 aromatic carbocycles. The number of carbonyl (C=O) groups excluding carboxylic acids is 3. The van der Waals surface area contributed by atoms with E-state index >= 15 is 0 Å². The van der Waals surface area contributed by atoms with Gasteiger partial charge in [-0.25, -0.2) is 9.78 Å². The number of carbonyl (C=O) groups is 3. The number of aryl methyl sites for hydroxylation is 1. The van der Waals surface area contributed by atoms with Crippen LogP contribution >= 0.6 is 0 Å². The summed E-state index contributed by atoms with van der Waals surface area (Å²) in [6, 6.07) is 5.59. The van der Waals surface area contributed by atoms with Gasteiger partial charge in [0.1, 0.15) is 17.2 Å². The summed E-state index contributed by atoms with van der Waals surface area (Å²) in [6.45, 7) is 11.1. The highest BCUT2D eigenvalue weighted by Crippen LogP contribution is 2.23. The first-order valence-electron chi connectivity index (χ1n) is 12.4. The van der Waals surface area contributed by atoms with E-state index in [0.29, 0.717) is 45.2 Å². The van der Waals surface area contributed by atoms with Gasteiger partial charge in [0, 0.05) is 45.6 Å². The maximum atomic E-state index is 12.8. The van der Waals surface area contributed by atoms with E-state index in [0.717, 1.165) is 17.1 Å². The number of Topliss-reactive ketones (excluding diaryl/α,β-unsaturated/α-hetero) is 1. The monoisotopic (exact) mass is 497 g/mol. The first kappa shape index (κ1) is 25.6. The van der Waals surface area contributed by atoms with Gasteiger partial charge in [0.05, 0.1) is 35.9 Å². The fourth-order valence-electron chi connectivity index (χ4n) is 4.41. The highest BCUT2D eigenvalue weighted by Gasteiger charge is 2.28. The van der Waals surface area contributed by atoms with Crippen molar-refractivity contribution in [3.8, 4) is 0 Å². The molecule has 1 atom stereocenters. The number of anilines is 2. The number of nitrogens with zero attached hydrogens (tertiary/aromatic N) is 5. The van der Waals surface area contributed by atoms with E-state index in [1.807, 2.05) is 44.5 Å². The van der Waals surface area contributed by atoms with Gasteiger partial charge in [-0.15, -0.1) is 0 Å². The number of pyridine rings is 1. The topological polar surface area (TPSA) is 122 Å². The number of ketones is 1. The summed E-state index contributed by atoms with van der Waals surface area (Å²) in [6.07, 6.45) is 1.67. The van der Waals surface area contributed by atoms with Gasteiger partial charge in [-0.2, -0.15) is 5.10 Å². The van der Waals surface area contributed by atoms with Crippen LogP contribution in [0.3, 0.4) is 0 Å². The maximum absolute atomic E-state index is 12.8. The minimum absolute atomic E-state index is 0.0207. The molecule has 2 aromatic heterocycles. The molecule has 2 aromatic rings. The Kier molecular flexibility index (Phi) is 7.58. The molecule has 11 heteroatoms. The van der Waals surface area contributed by atoms with E-state index in [4.69, 9.17) is 4.74 Å². The largest absolute Gasteiger partial charge is 0.444 e. The zero-order chi connectivity index (χ0) is 25.9. The highest BCUT2D eigenvalue weighted by atomic mass is 16.6. The van der Waals surface area contributed by atoms with Crippen LogP contribution in [-0.2, 0) is 21.0 Å². The van der Waals surface area contributed by atoms with Crippen molar-refractivity contribution in [2.45, 2.75) is 58.7 Å². The molecular formula is C25H35N7O4. The molecule has 1 fully saturated rings. The predicted octanol–water partition coefficient (Wildman–Crippen LogP) is 2.28. The highest BCUT2D eigenvalue weighted by molar-refractivity contribution is 5.94. The number of hydrogen-bond acceptors (Lipinski definition) is 8. The third-order valence-corrected chi connectivity index (χ3v) is 6.20. The summed E-state index contributed by atoms with van der Waals surface area (Å²) >= 11 is 0. The minimum Gasteiger partial charge on any atom is -0.444 e. The van der Waals surface area contributed by atoms with Gasteiger partial charge in [-0.1, -0.05) is 0 Å². The molecule has 11 nitrogen and oxygen atoms in total. The molecule has 0 aliphatic carbocycles. The quantitative estimate of drug-likeness (QED) is 0.623. The number of aromatic nitrogens is 3. The van der Waals surface area contributed by atoms with Crippen molar-refractivity contribution in [3.63, 3.8) is 0 Å². The predicted molar refractivity (Wildman–Crippen MR) is 135 cm³/mol. The summed E-state index contributed by atoms with van der Waals surface area (Å²) < 4.78 is 7.25. The van der Waals surface area contributed by atoms with Crippen LogP contribution < -0.4 is 15.5 Å². The second kappa shape index (κ2) is 10.7. The number of nitrogens with one attached hydrogen (secondary N) is 2. The molecule has 0 saturated carbocycles. The Bertz CT molecular complexity index is 1100. The van der Waals surface area contributed by atoms with Gasteiger partial charge in [0.15, 0.2) is 0 Å². The number of rotatable bonds is 6. The molecule has 194 valence electrons. The normalized spacial score (nSPS) is 17.9. The van der Waals surface area contributed by atoms with Gasteiger partial charge in [0.25, 0.3) is 0 Å². The lowest BCUT2D eigenvalue weighted by molar-refractivity contribution is -0.124. The van der Waals surface area contributed by atoms with Crippen molar-refractivity contribution >= 4 is 29.3 Å². The van der Waals surface area contributed by atoms with Gasteiger partial charge in [0.2, 0.25) is 5.91 Å². The summed E-state index contributed by atoms with van der Waals surface area (Å²) in [4.78, 5) is 45.7. The van der Waals surface area contributed by atoms with Crippen molar-refractivity contribution < 1.29 is 19.1 Å². The molecule has 2 amide bonds. The first-order chi connectivity index (χ1) is 17.1. The van der Waals surface area contributed by atoms with Gasteiger partial charge in [-0.3, -0.25) is 19.6 Å². The number of amides is 2. The molecule has 1 unspecified atom stereocenters. The Hall–Kier alpha value is -3.47. The first-order valence-corrected chi connectivity index (χ1v) is 12.4. The second-order valence-corrected chi connectivity index (χ2v) is 10.2. The van der Waals surface area contributed by atoms with E-state index in [2.05, 4.69) is 25.6 Å². The summed E-state index contributed by atoms with van der Waals surface area (Å²) in [5, 5.41) is 10.4. The Morgan fingerprint density at radius 2 is 1.89 bits per heavy atom. The summed E-state index contributed by atoms with van der Waals surface area (Å²) in [5.41, 5.74) is 2.19. The van der Waals surface area contributed by atoms with Crippen LogP contribution in [0.5, 0.6) is 0 Å². The molecule has 36 heavy (non-hydrogen) atoms. The molecule has 0 radical (unpaired) electrons. The number of piperazine rings is 1. The lowest BCUT2D eigenvalue weighted by atomic mass is 9.95. The van der Waals surface area contributed by atoms with E-state index in [9.17, 15) is 14.4 Å². The lowest BCUT2D eigenvalue weighted by Crippen LogP contribution is -2.50. The van der Waals surface area contributed by atoms with E-state index in [1.54, 1.807) is 17.2 Å². The van der Waals surface area contributed by atoms with Crippen molar-refractivity contribution in [2.24, 2.45) is 0 Å². The Balaban J connectivity index is 1.23. The zero-order valence-electron chi connectivity index (χ0n) is 21.4. The van der Waals surface area contributed by atoms with Crippen molar-refractivity contribution in [1.82, 2.24) is 25.0 Å². The Morgan fingerprint density at radius 1 is 1.14 bits per heavy atom. The van der Waals surface area contributed by atoms with Gasteiger partial charge < -0.3 is 19.9 Å². The zero-order valence-corrected chi connectivity index (χ0v) is 21.4. The second-order valence-electron chi connectivity index (χ2n) is 10.2. The summed E-state index contributed by atoms with van der Waals surface area (Å²) in [5.74, 6) is -0.0760. The molecule has 2 aliphatic heterocycles. The average Bonchev–Trinajstić information content (AvgIpc) is 3.22. The molecular weight excluding hydrogens is 462 g/mol. The molecule has 0 spiro atoms. The van der Waals surface area contributed by atoms with Crippen LogP contribution in [0, 0.1) is 6.92 Å². The van der Waals surface area contributed by atoms with E-state index in [1.165, 1.54) is 0 Å². The van der Waals surface area contributed by atoms with Crippen molar-refractivity contribution in [2.75, 3.05) is 42.9 Å². The molecule has 0 bridgehead atoms. The van der Waals surface area contributed by atoms with Gasteiger partial charge >= 0.3 is 6.09 Å². The fourth-order valence-corrected chi connectivity index (χ4v) is 4.41. The minimum atomic E-state index is -0.512. The standard InChI is InChI=1S/C25H35N7O4/c1-17-13-20-19(15-26-16-32(20)29-17)21(33)6-8-23(34)28-22-7-5-18(14-27-22)30-9-11-31(12-10-30)24(35)36-25(2,3)4/h5,7,13-14,19,26H,6,8-12,15-16H2,1-4H3,(H,27,28,34). The number of ether oxygens (including phenoxy) is 1. The fraction of sp³-hybridized carbons (Fsp3) is 0.560. The van der Waals surface area contributed by atoms with Crippen LogP contribution in [0.1, 0.15) is 50.9 Å². The van der Waals surface area contributed by atoms with Crippen LogP contribution in [0.25, 0.3) is 0 Å². The molecule has 4 rings (SSSR count). The van der Waals surface area contributed by atoms with Crippen molar-refractivity contribution in [1.29, 1.82) is 0 Å². The van der Waals surface area contributed by atoms with Crippen LogP contribution in [0.2, 0.25) is 0 Å². The summed E-state index contributed by atoms with van der Waals surface area (Å²) in [7, 11) is 0. The third-order valence-electron chi connectivity index (χ3n) is 6.20. The third kappa shape index (κ3) is 6.39. The average molecular weight is 498 g/mol. The van der Waals surface area contributed by atoms with E-state index in [-0.39, 0.29) is 36.5 Å². The van der Waals surface area contributed by atoms with E-state index < -0.39 is 5.60 Å². The molecule has 4 heterocycles. The number of hydrogen-bond donors (Lipinski definition) is 2. The van der Waals surface area contributed by atoms with Crippen LogP contribution in [-0.4, -0.2) is 75.8 Å². The van der Waals surface area contributed by atoms with Crippen molar-refractivity contribution in [3.05, 3.63) is 35.8 Å². The van der Waals surface area contributed by atoms with Crippen LogP contribution in [0.15, 0.2) is 24.4 Å².